The molecule has 6 heteroatoms. The largest absolute Gasteiger partial charge is 0.279 e. The summed E-state index contributed by atoms with van der Waals surface area (Å²) in [5.74, 6) is 0. The Hall–Kier alpha value is -1.82. The number of rotatable bonds is 4. The van der Waals surface area contributed by atoms with Crippen LogP contribution in [0.5, 0.6) is 0 Å². The molecular formula is C18H27N3O2S. The molecule has 1 aromatic heterocycles. The lowest BCUT2D eigenvalue weighted by molar-refractivity contribution is 0.493. The van der Waals surface area contributed by atoms with Gasteiger partial charge >= 0.3 is 0 Å². The molecule has 1 N–H and O–H groups in total. The summed E-state index contributed by atoms with van der Waals surface area (Å²) >= 11 is 0. The molecule has 0 radical (unpaired) electrons. The highest BCUT2D eigenvalue weighted by Crippen LogP contribution is 2.30. The minimum atomic E-state index is -3.71. The van der Waals surface area contributed by atoms with Gasteiger partial charge in [-0.3, -0.25) is 9.40 Å². The quantitative estimate of drug-likeness (QED) is 0.900. The first-order valence-corrected chi connectivity index (χ1v) is 9.60. The highest BCUT2D eigenvalue weighted by atomic mass is 32.2. The third-order valence-electron chi connectivity index (χ3n) is 3.85. The van der Waals surface area contributed by atoms with Crippen molar-refractivity contribution in [1.82, 2.24) is 9.78 Å². The first kappa shape index (κ1) is 18.5. The zero-order valence-electron chi connectivity index (χ0n) is 15.5. The van der Waals surface area contributed by atoms with E-state index in [9.17, 15) is 8.42 Å². The number of aryl methyl sites for hydroxylation is 2. The van der Waals surface area contributed by atoms with Gasteiger partial charge in [0.2, 0.25) is 0 Å². The second-order valence-electron chi connectivity index (χ2n) is 7.59. The number of nitrogens with zero attached hydrogens (tertiary/aromatic N) is 2. The van der Waals surface area contributed by atoms with Crippen molar-refractivity contribution in [3.05, 3.63) is 41.2 Å². The summed E-state index contributed by atoms with van der Waals surface area (Å²) in [7, 11) is -3.71. The molecule has 24 heavy (non-hydrogen) atoms. The Morgan fingerprint density at radius 3 is 2.29 bits per heavy atom. The third-order valence-corrected chi connectivity index (χ3v) is 5.22. The molecule has 0 bridgehead atoms. The van der Waals surface area contributed by atoms with Gasteiger partial charge in [-0.1, -0.05) is 38.5 Å². The number of benzene rings is 1. The fraction of sp³-hybridized carbons (Fsp3) is 0.500. The Kier molecular flexibility index (Phi) is 4.81. The highest BCUT2D eigenvalue weighted by molar-refractivity contribution is 7.92. The van der Waals surface area contributed by atoms with Crippen LogP contribution in [0.1, 0.15) is 57.5 Å². The maximum Gasteiger partial charge on any atom is 0.265 e. The molecule has 2 aromatic rings. The van der Waals surface area contributed by atoms with Gasteiger partial charge in [0.25, 0.3) is 10.0 Å². The van der Waals surface area contributed by atoms with Crippen molar-refractivity contribution >= 4 is 15.7 Å². The smallest absolute Gasteiger partial charge is 0.265 e. The van der Waals surface area contributed by atoms with Crippen molar-refractivity contribution in [3.8, 4) is 0 Å². The van der Waals surface area contributed by atoms with Crippen molar-refractivity contribution in [2.45, 2.75) is 64.8 Å². The predicted octanol–water partition coefficient (Wildman–Crippen LogP) is 4.18. The molecule has 0 fully saturated rings. The molecule has 0 aliphatic rings. The number of hydrogen-bond donors (Lipinski definition) is 1. The van der Waals surface area contributed by atoms with E-state index in [4.69, 9.17) is 0 Å². The Balaban J connectivity index is 2.52. The van der Waals surface area contributed by atoms with E-state index >= 15 is 0 Å². The minimum absolute atomic E-state index is 0.0937. The zero-order valence-corrected chi connectivity index (χ0v) is 16.3. The average molecular weight is 350 g/mol. The lowest BCUT2D eigenvalue weighted by Gasteiger charge is -2.18. The minimum Gasteiger partial charge on any atom is -0.279 e. The number of nitrogens with one attached hydrogen (secondary N) is 1. The van der Waals surface area contributed by atoms with Crippen LogP contribution in [0.4, 0.5) is 5.69 Å². The van der Waals surface area contributed by atoms with Gasteiger partial charge in [-0.2, -0.15) is 5.10 Å². The average Bonchev–Trinajstić information content (AvgIpc) is 2.88. The van der Waals surface area contributed by atoms with E-state index in [1.54, 1.807) is 16.9 Å². The van der Waals surface area contributed by atoms with E-state index in [1.807, 2.05) is 60.6 Å². The maximum absolute atomic E-state index is 13.0. The molecule has 132 valence electrons. The topological polar surface area (TPSA) is 64.0 Å². The number of anilines is 1. The summed E-state index contributed by atoms with van der Waals surface area (Å²) in [6.45, 7) is 13.7. The van der Waals surface area contributed by atoms with Crippen molar-refractivity contribution in [2.24, 2.45) is 0 Å². The lowest BCUT2D eigenvalue weighted by Crippen LogP contribution is -2.20. The predicted molar refractivity (Wildman–Crippen MR) is 98.0 cm³/mol. The molecular weight excluding hydrogens is 322 g/mol. The van der Waals surface area contributed by atoms with Crippen molar-refractivity contribution in [2.75, 3.05) is 4.72 Å². The fourth-order valence-electron chi connectivity index (χ4n) is 2.48. The van der Waals surface area contributed by atoms with E-state index in [-0.39, 0.29) is 16.4 Å². The summed E-state index contributed by atoms with van der Waals surface area (Å²) < 4.78 is 30.4. The molecule has 0 atom stereocenters. The number of sulfonamides is 1. The van der Waals surface area contributed by atoms with Crippen LogP contribution in [0.3, 0.4) is 0 Å². The second kappa shape index (κ2) is 6.24. The standard InChI is InChI=1S/C18H27N3O2S/c1-12(2)21-11-16(17(19-21)18(5,6)7)24(22,23)20-15-9-8-13(3)10-14(15)4/h8-12,20H,1-7H3. The zero-order chi connectivity index (χ0) is 18.3. The second-order valence-corrected chi connectivity index (χ2v) is 9.24. The van der Waals surface area contributed by atoms with Gasteiger partial charge in [-0.15, -0.1) is 0 Å². The molecule has 1 aromatic carbocycles. The fourth-order valence-corrected chi connectivity index (χ4v) is 3.96. The molecule has 1 heterocycles. The van der Waals surface area contributed by atoms with Crippen molar-refractivity contribution in [3.63, 3.8) is 0 Å². The Morgan fingerprint density at radius 1 is 1.17 bits per heavy atom. The molecule has 2 rings (SSSR count). The number of aromatic nitrogens is 2. The van der Waals surface area contributed by atoms with Gasteiger partial charge in [-0.05, 0) is 39.3 Å². The molecule has 0 aliphatic carbocycles. The third kappa shape index (κ3) is 3.80. The van der Waals surface area contributed by atoms with Crippen LogP contribution in [-0.4, -0.2) is 18.2 Å². The van der Waals surface area contributed by atoms with Crippen LogP contribution >= 0.6 is 0 Å². The molecule has 0 spiro atoms. The molecule has 0 amide bonds. The van der Waals surface area contributed by atoms with E-state index in [0.29, 0.717) is 11.4 Å². The van der Waals surface area contributed by atoms with Gasteiger partial charge in [0, 0.05) is 17.7 Å². The van der Waals surface area contributed by atoms with Gasteiger partial charge in [-0.25, -0.2) is 8.42 Å². The van der Waals surface area contributed by atoms with Gasteiger partial charge in [0.1, 0.15) is 4.90 Å². The summed E-state index contributed by atoms with van der Waals surface area (Å²) in [5.41, 5.74) is 2.80. The Morgan fingerprint density at radius 2 is 1.79 bits per heavy atom. The monoisotopic (exact) mass is 349 g/mol. The molecule has 5 nitrogen and oxygen atoms in total. The first-order chi connectivity index (χ1) is 10.9. The Bertz CT molecular complexity index is 844. The van der Waals surface area contributed by atoms with E-state index in [0.717, 1.165) is 11.1 Å². The summed E-state index contributed by atoms with van der Waals surface area (Å²) in [6.07, 6.45) is 1.62. The van der Waals surface area contributed by atoms with Crippen LogP contribution in [0, 0.1) is 13.8 Å². The van der Waals surface area contributed by atoms with Crippen LogP contribution in [0.15, 0.2) is 29.3 Å². The molecule has 0 unspecified atom stereocenters. The van der Waals surface area contributed by atoms with Crippen molar-refractivity contribution in [1.29, 1.82) is 0 Å². The van der Waals surface area contributed by atoms with Gasteiger partial charge < -0.3 is 0 Å². The van der Waals surface area contributed by atoms with E-state index in [2.05, 4.69) is 9.82 Å². The normalized spacial score (nSPS) is 12.7. The highest BCUT2D eigenvalue weighted by Gasteiger charge is 2.30. The molecule has 0 saturated carbocycles. The van der Waals surface area contributed by atoms with Crippen LogP contribution in [-0.2, 0) is 15.4 Å². The van der Waals surface area contributed by atoms with Crippen LogP contribution < -0.4 is 4.72 Å². The summed E-state index contributed by atoms with van der Waals surface area (Å²) in [6, 6.07) is 5.75. The first-order valence-electron chi connectivity index (χ1n) is 8.11. The maximum atomic E-state index is 13.0. The van der Waals surface area contributed by atoms with Crippen LogP contribution in [0.25, 0.3) is 0 Å². The van der Waals surface area contributed by atoms with Crippen LogP contribution in [0.2, 0.25) is 0 Å². The van der Waals surface area contributed by atoms with E-state index < -0.39 is 10.0 Å². The van der Waals surface area contributed by atoms with Gasteiger partial charge in [0.05, 0.1) is 11.4 Å². The van der Waals surface area contributed by atoms with Crippen molar-refractivity contribution < 1.29 is 8.42 Å². The lowest BCUT2D eigenvalue weighted by atomic mass is 9.92. The number of hydrogen-bond acceptors (Lipinski definition) is 3. The summed E-state index contributed by atoms with van der Waals surface area (Å²) in [4.78, 5) is 0.240. The SMILES string of the molecule is Cc1ccc(NS(=O)(=O)c2cn(C(C)C)nc2C(C)(C)C)c(C)c1. The molecule has 0 saturated heterocycles. The van der Waals surface area contributed by atoms with E-state index in [1.165, 1.54) is 0 Å². The van der Waals surface area contributed by atoms with Gasteiger partial charge in [0.15, 0.2) is 0 Å². The molecule has 0 aliphatic heterocycles. The summed E-state index contributed by atoms with van der Waals surface area (Å²) in [5, 5.41) is 4.52. The Labute approximate surface area is 145 Å².